The Morgan fingerprint density at radius 1 is 1.38 bits per heavy atom. The van der Waals surface area contributed by atoms with Gasteiger partial charge in [-0.2, -0.15) is 0 Å². The molecule has 8 heteroatoms. The molecule has 1 aliphatic heterocycles. The minimum Gasteiger partial charge on any atom is -0.383 e. The standard InChI is InChI=1S/C13H21N5O3/c1-7(2)6-18-11(14)10(12(20)17-13(18)21)16-8-3-4-9(19)15-5-8/h7-8,16H,3-6,14H2,1-2H3,(H,15,19)(H,17,20,21). The van der Waals surface area contributed by atoms with Gasteiger partial charge in [0.05, 0.1) is 0 Å². The van der Waals surface area contributed by atoms with Gasteiger partial charge in [0.25, 0.3) is 5.56 Å². The first-order chi connectivity index (χ1) is 9.88. The highest BCUT2D eigenvalue weighted by Crippen LogP contribution is 2.15. The van der Waals surface area contributed by atoms with Crippen molar-refractivity contribution in [3.63, 3.8) is 0 Å². The van der Waals surface area contributed by atoms with E-state index in [1.807, 2.05) is 13.8 Å². The van der Waals surface area contributed by atoms with Gasteiger partial charge >= 0.3 is 5.69 Å². The van der Waals surface area contributed by atoms with Crippen molar-refractivity contribution in [3.8, 4) is 0 Å². The first kappa shape index (κ1) is 15.1. The predicted molar refractivity (Wildman–Crippen MR) is 80.2 cm³/mol. The van der Waals surface area contributed by atoms with Crippen molar-refractivity contribution < 1.29 is 4.79 Å². The van der Waals surface area contributed by atoms with E-state index < -0.39 is 11.2 Å². The molecule has 1 aliphatic rings. The first-order valence-electron chi connectivity index (χ1n) is 7.04. The summed E-state index contributed by atoms with van der Waals surface area (Å²) in [5.41, 5.74) is 5.12. The monoisotopic (exact) mass is 295 g/mol. The smallest absolute Gasteiger partial charge is 0.330 e. The second kappa shape index (κ2) is 6.02. The molecule has 1 atom stereocenters. The number of hydrogen-bond acceptors (Lipinski definition) is 5. The van der Waals surface area contributed by atoms with Crippen molar-refractivity contribution in [2.24, 2.45) is 5.92 Å². The lowest BCUT2D eigenvalue weighted by Crippen LogP contribution is -2.44. The van der Waals surface area contributed by atoms with Gasteiger partial charge in [-0.1, -0.05) is 13.8 Å². The fourth-order valence-electron chi connectivity index (χ4n) is 2.33. The Morgan fingerprint density at radius 2 is 2.10 bits per heavy atom. The van der Waals surface area contributed by atoms with Crippen LogP contribution in [-0.2, 0) is 11.3 Å². The summed E-state index contributed by atoms with van der Waals surface area (Å²) in [4.78, 5) is 37.2. The zero-order valence-electron chi connectivity index (χ0n) is 12.2. The van der Waals surface area contributed by atoms with Crippen LogP contribution < -0.4 is 27.6 Å². The van der Waals surface area contributed by atoms with Crippen LogP contribution in [0.5, 0.6) is 0 Å². The predicted octanol–water partition coefficient (Wildman–Crippen LogP) is -0.535. The van der Waals surface area contributed by atoms with Crippen LogP contribution in [0.2, 0.25) is 0 Å². The van der Waals surface area contributed by atoms with E-state index in [-0.39, 0.29) is 29.4 Å². The number of nitrogens with two attached hydrogens (primary N) is 1. The number of hydrogen-bond donors (Lipinski definition) is 4. The Kier molecular flexibility index (Phi) is 4.35. The fraction of sp³-hybridized carbons (Fsp3) is 0.615. The molecule has 0 aliphatic carbocycles. The third kappa shape index (κ3) is 3.45. The van der Waals surface area contributed by atoms with E-state index in [0.717, 1.165) is 0 Å². The molecule has 116 valence electrons. The quantitative estimate of drug-likeness (QED) is 0.594. The van der Waals surface area contributed by atoms with Crippen molar-refractivity contribution >= 4 is 17.4 Å². The number of aromatic nitrogens is 2. The average Bonchev–Trinajstić information content (AvgIpc) is 2.41. The fourth-order valence-corrected chi connectivity index (χ4v) is 2.33. The Hall–Kier alpha value is -2.25. The van der Waals surface area contributed by atoms with Crippen LogP contribution in [0.1, 0.15) is 26.7 Å². The largest absolute Gasteiger partial charge is 0.383 e. The van der Waals surface area contributed by atoms with Crippen LogP contribution in [0.15, 0.2) is 9.59 Å². The molecular formula is C13H21N5O3. The SMILES string of the molecule is CC(C)Cn1c(N)c(NC2CCC(=O)NC2)c(=O)[nH]c1=O. The normalized spacial score (nSPS) is 18.6. The van der Waals surface area contributed by atoms with Crippen molar-refractivity contribution in [3.05, 3.63) is 20.8 Å². The highest BCUT2D eigenvalue weighted by atomic mass is 16.2. The van der Waals surface area contributed by atoms with Gasteiger partial charge in [-0.3, -0.25) is 19.1 Å². The lowest BCUT2D eigenvalue weighted by molar-refractivity contribution is -0.122. The number of amides is 1. The number of carbonyl (C=O) groups excluding carboxylic acids is 1. The zero-order chi connectivity index (χ0) is 15.6. The molecule has 8 nitrogen and oxygen atoms in total. The number of carbonyl (C=O) groups is 1. The summed E-state index contributed by atoms with van der Waals surface area (Å²) < 4.78 is 1.36. The van der Waals surface area contributed by atoms with Crippen LogP contribution in [-0.4, -0.2) is 28.0 Å². The number of nitrogen functional groups attached to an aromatic ring is 1. The summed E-state index contributed by atoms with van der Waals surface area (Å²) in [5, 5.41) is 5.76. The maximum atomic E-state index is 11.9. The van der Waals surface area contributed by atoms with Crippen LogP contribution >= 0.6 is 0 Å². The van der Waals surface area contributed by atoms with Gasteiger partial charge in [0.2, 0.25) is 5.91 Å². The Morgan fingerprint density at radius 3 is 2.67 bits per heavy atom. The Bertz CT molecular complexity index is 636. The first-order valence-corrected chi connectivity index (χ1v) is 7.04. The van der Waals surface area contributed by atoms with Gasteiger partial charge in [-0.05, 0) is 12.3 Å². The maximum absolute atomic E-state index is 11.9. The molecule has 1 aromatic heterocycles. The summed E-state index contributed by atoms with van der Waals surface area (Å²) in [7, 11) is 0. The summed E-state index contributed by atoms with van der Waals surface area (Å²) >= 11 is 0. The van der Waals surface area contributed by atoms with Crippen molar-refractivity contribution in [2.75, 3.05) is 17.6 Å². The summed E-state index contributed by atoms with van der Waals surface area (Å²) in [5.74, 6) is 0.354. The molecule has 5 N–H and O–H groups in total. The van der Waals surface area contributed by atoms with Gasteiger partial charge in [-0.25, -0.2) is 4.79 Å². The number of nitrogens with one attached hydrogen (secondary N) is 3. The number of anilines is 2. The highest BCUT2D eigenvalue weighted by Gasteiger charge is 2.21. The second-order valence-electron chi connectivity index (χ2n) is 5.71. The van der Waals surface area contributed by atoms with E-state index >= 15 is 0 Å². The molecule has 0 saturated carbocycles. The average molecular weight is 295 g/mol. The third-order valence-electron chi connectivity index (χ3n) is 3.40. The molecule has 2 heterocycles. The number of H-pyrrole nitrogens is 1. The van der Waals surface area contributed by atoms with Gasteiger partial charge < -0.3 is 16.4 Å². The topological polar surface area (TPSA) is 122 Å². The summed E-state index contributed by atoms with van der Waals surface area (Å²) in [6.45, 7) is 4.78. The molecule has 1 saturated heterocycles. The molecule has 21 heavy (non-hydrogen) atoms. The van der Waals surface area contributed by atoms with Crippen LogP contribution in [0.4, 0.5) is 11.5 Å². The molecule has 1 fully saturated rings. The third-order valence-corrected chi connectivity index (χ3v) is 3.40. The number of aromatic amines is 1. The van der Waals surface area contributed by atoms with Crippen LogP contribution in [0.25, 0.3) is 0 Å². The van der Waals surface area contributed by atoms with E-state index in [4.69, 9.17) is 5.73 Å². The van der Waals surface area contributed by atoms with Crippen molar-refractivity contribution in [1.29, 1.82) is 0 Å². The molecule has 0 bridgehead atoms. The number of nitrogens with zero attached hydrogens (tertiary/aromatic N) is 1. The molecular weight excluding hydrogens is 274 g/mol. The van der Waals surface area contributed by atoms with E-state index in [0.29, 0.717) is 25.9 Å². The van der Waals surface area contributed by atoms with Crippen molar-refractivity contribution in [1.82, 2.24) is 14.9 Å². The lowest BCUT2D eigenvalue weighted by atomic mass is 10.1. The summed E-state index contributed by atoms with van der Waals surface area (Å²) in [6.07, 6.45) is 1.02. The molecule has 2 rings (SSSR count). The maximum Gasteiger partial charge on any atom is 0.330 e. The van der Waals surface area contributed by atoms with Gasteiger partial charge in [0.15, 0.2) is 0 Å². The number of rotatable bonds is 4. The van der Waals surface area contributed by atoms with Crippen LogP contribution in [0.3, 0.4) is 0 Å². The minimum absolute atomic E-state index is 0.000269. The minimum atomic E-state index is -0.533. The summed E-state index contributed by atoms with van der Waals surface area (Å²) in [6, 6.07) is -0.0731. The Labute approximate surface area is 121 Å². The van der Waals surface area contributed by atoms with Gasteiger partial charge in [0, 0.05) is 25.6 Å². The number of piperidine rings is 1. The van der Waals surface area contributed by atoms with Gasteiger partial charge in [0.1, 0.15) is 11.5 Å². The molecule has 0 aromatic carbocycles. The molecule has 1 amide bonds. The van der Waals surface area contributed by atoms with E-state index in [9.17, 15) is 14.4 Å². The molecule has 1 unspecified atom stereocenters. The second-order valence-corrected chi connectivity index (χ2v) is 5.71. The highest BCUT2D eigenvalue weighted by molar-refractivity contribution is 5.77. The Balaban J connectivity index is 2.28. The van der Waals surface area contributed by atoms with E-state index in [1.165, 1.54) is 4.57 Å². The van der Waals surface area contributed by atoms with Gasteiger partial charge in [-0.15, -0.1) is 0 Å². The zero-order valence-corrected chi connectivity index (χ0v) is 12.2. The van der Waals surface area contributed by atoms with E-state index in [2.05, 4.69) is 15.6 Å². The lowest BCUT2D eigenvalue weighted by Gasteiger charge is -2.25. The van der Waals surface area contributed by atoms with E-state index in [1.54, 1.807) is 0 Å². The molecule has 0 radical (unpaired) electrons. The molecule has 0 spiro atoms. The van der Waals surface area contributed by atoms with Crippen molar-refractivity contribution in [2.45, 2.75) is 39.3 Å². The molecule has 1 aromatic rings. The van der Waals surface area contributed by atoms with Crippen LogP contribution in [0, 0.1) is 5.92 Å².